The molecule has 0 amide bonds. The van der Waals surface area contributed by atoms with Gasteiger partial charge in [0, 0.05) is 37.2 Å². The van der Waals surface area contributed by atoms with Gasteiger partial charge in [-0.3, -0.25) is 10.1 Å². The number of nitrogens with one attached hydrogen (secondary N) is 2. The van der Waals surface area contributed by atoms with Gasteiger partial charge in [0.2, 0.25) is 0 Å². The van der Waals surface area contributed by atoms with Crippen LogP contribution < -0.4 is 15.5 Å². The number of rotatable bonds is 4. The molecule has 7 nitrogen and oxygen atoms in total. The number of hydrogen-bond acceptors (Lipinski definition) is 6. The predicted octanol–water partition coefficient (Wildman–Crippen LogP) is 1.60. The molecule has 1 aromatic rings. The van der Waals surface area contributed by atoms with Gasteiger partial charge in [-0.1, -0.05) is 6.07 Å². The number of hydrogen-bond donors (Lipinski definition) is 2. The van der Waals surface area contributed by atoms with E-state index in [9.17, 15) is 10.1 Å². The fraction of sp³-hybridized carbons (Fsp3) is 0.500. The molecule has 2 atom stereocenters. The Bertz CT molecular complexity index is 588. The van der Waals surface area contributed by atoms with Crippen LogP contribution in [0.3, 0.4) is 0 Å². The molecule has 0 bridgehead atoms. The van der Waals surface area contributed by atoms with Crippen LogP contribution >= 0.6 is 0 Å². The van der Waals surface area contributed by atoms with Crippen LogP contribution in [0.25, 0.3) is 0 Å². The quantitative estimate of drug-likeness (QED) is 0.649. The molecule has 0 spiro atoms. The van der Waals surface area contributed by atoms with E-state index in [0.29, 0.717) is 12.4 Å². The summed E-state index contributed by atoms with van der Waals surface area (Å²) in [5.74, 6) is 0.573. The van der Waals surface area contributed by atoms with E-state index in [2.05, 4.69) is 15.8 Å². The van der Waals surface area contributed by atoms with Gasteiger partial charge in [0.15, 0.2) is 5.75 Å². The lowest BCUT2D eigenvalue weighted by Gasteiger charge is -2.25. The van der Waals surface area contributed by atoms with Gasteiger partial charge in [-0.05, 0) is 18.6 Å². The summed E-state index contributed by atoms with van der Waals surface area (Å²) in [6.07, 6.45) is 0.924. The van der Waals surface area contributed by atoms with Crippen molar-refractivity contribution in [2.75, 3.05) is 19.7 Å². The lowest BCUT2D eigenvalue weighted by atomic mass is 9.87. The molecule has 0 saturated carbocycles. The van der Waals surface area contributed by atoms with Crippen molar-refractivity contribution in [1.82, 2.24) is 10.7 Å². The van der Waals surface area contributed by atoms with Gasteiger partial charge in [0.05, 0.1) is 17.6 Å². The first kappa shape index (κ1) is 13.8. The van der Waals surface area contributed by atoms with Crippen LogP contribution in [-0.2, 0) is 0 Å². The normalized spacial score (nSPS) is 24.0. The average molecular weight is 290 g/mol. The lowest BCUT2D eigenvalue weighted by Crippen LogP contribution is -2.38. The van der Waals surface area contributed by atoms with E-state index >= 15 is 0 Å². The van der Waals surface area contributed by atoms with Crippen LogP contribution in [0.5, 0.6) is 5.75 Å². The largest absolute Gasteiger partial charge is 0.487 e. The minimum absolute atomic E-state index is 0.00775. The second kappa shape index (κ2) is 5.69. The van der Waals surface area contributed by atoms with Gasteiger partial charge in [-0.15, -0.1) is 0 Å². The first-order valence-electron chi connectivity index (χ1n) is 7.14. The molecule has 1 fully saturated rings. The van der Waals surface area contributed by atoms with Crippen molar-refractivity contribution in [3.05, 3.63) is 33.9 Å². The summed E-state index contributed by atoms with van der Waals surface area (Å²) in [6, 6.07) is 5.13. The highest BCUT2D eigenvalue weighted by molar-refractivity contribution is 5.90. The van der Waals surface area contributed by atoms with Crippen LogP contribution in [0.15, 0.2) is 23.3 Å². The maximum Gasteiger partial charge on any atom is 0.311 e. The monoisotopic (exact) mass is 290 g/mol. The van der Waals surface area contributed by atoms with E-state index in [0.717, 1.165) is 30.8 Å². The Morgan fingerprint density at radius 3 is 3.14 bits per heavy atom. The Morgan fingerprint density at radius 1 is 1.52 bits per heavy atom. The van der Waals surface area contributed by atoms with Crippen LogP contribution in [-0.4, -0.2) is 30.3 Å². The molecular weight excluding hydrogens is 272 g/mol. The van der Waals surface area contributed by atoms with Crippen molar-refractivity contribution in [3.63, 3.8) is 0 Å². The third kappa shape index (κ3) is 2.56. The predicted molar refractivity (Wildman–Crippen MR) is 78.6 cm³/mol. The van der Waals surface area contributed by atoms with Gasteiger partial charge >= 0.3 is 5.69 Å². The first-order valence-corrected chi connectivity index (χ1v) is 7.14. The van der Waals surface area contributed by atoms with Crippen molar-refractivity contribution >= 4 is 11.4 Å². The molecular formula is C14H18N4O3. The van der Waals surface area contributed by atoms with Crippen molar-refractivity contribution in [2.45, 2.75) is 19.4 Å². The number of nitro groups is 1. The Balaban J connectivity index is 1.89. The second-order valence-corrected chi connectivity index (χ2v) is 5.19. The molecule has 2 heterocycles. The Hall–Kier alpha value is -2.15. The summed E-state index contributed by atoms with van der Waals surface area (Å²) in [5.41, 5.74) is 5.15. The van der Waals surface area contributed by atoms with E-state index in [1.165, 1.54) is 0 Å². The summed E-state index contributed by atoms with van der Waals surface area (Å²) in [7, 11) is 0. The Kier molecular flexibility index (Phi) is 3.74. The molecule has 112 valence electrons. The minimum Gasteiger partial charge on any atom is -0.487 e. The van der Waals surface area contributed by atoms with Crippen LogP contribution in [0, 0.1) is 16.0 Å². The molecule has 0 aliphatic carbocycles. The molecule has 2 unspecified atom stereocenters. The highest BCUT2D eigenvalue weighted by atomic mass is 16.6. The Labute approximate surface area is 122 Å². The molecule has 2 aliphatic rings. The van der Waals surface area contributed by atoms with Crippen molar-refractivity contribution in [2.24, 2.45) is 11.0 Å². The molecule has 1 aromatic carbocycles. The zero-order valence-corrected chi connectivity index (χ0v) is 11.8. The lowest BCUT2D eigenvalue weighted by molar-refractivity contribution is -0.385. The molecule has 1 saturated heterocycles. The topological polar surface area (TPSA) is 88.8 Å². The molecule has 7 heteroatoms. The van der Waals surface area contributed by atoms with Crippen LogP contribution in [0.1, 0.15) is 24.9 Å². The number of nitrogens with zero attached hydrogens (tertiary/aromatic N) is 2. The second-order valence-electron chi connectivity index (χ2n) is 5.19. The molecule has 3 rings (SSSR count). The van der Waals surface area contributed by atoms with E-state index in [1.54, 1.807) is 12.1 Å². The van der Waals surface area contributed by atoms with Crippen LogP contribution in [0.2, 0.25) is 0 Å². The molecule has 2 N–H and O–H groups in total. The zero-order valence-electron chi connectivity index (χ0n) is 11.8. The number of nitro benzene ring substituents is 1. The molecule has 0 radical (unpaired) electrons. The number of fused-ring (bicyclic) bond motifs is 1. The van der Waals surface area contributed by atoms with E-state index in [1.807, 2.05) is 13.0 Å². The fourth-order valence-electron chi connectivity index (χ4n) is 2.92. The maximum atomic E-state index is 11.2. The standard InChI is InChI=1S/C14H18N4O3/c1-2-21-13-4-3-9(7-12(13)18(19)20)14-10-8-15-6-5-11(10)16-17-14/h3-4,7,10,14-15,17H,2,5-6,8H2,1H3. The number of piperidine rings is 1. The van der Waals surface area contributed by atoms with Crippen molar-refractivity contribution < 1.29 is 9.66 Å². The van der Waals surface area contributed by atoms with Gasteiger partial charge in [0.25, 0.3) is 0 Å². The fourth-order valence-corrected chi connectivity index (χ4v) is 2.92. The number of benzene rings is 1. The highest BCUT2D eigenvalue weighted by Crippen LogP contribution is 2.35. The maximum absolute atomic E-state index is 11.2. The van der Waals surface area contributed by atoms with E-state index < -0.39 is 4.92 Å². The number of hydrazone groups is 1. The highest BCUT2D eigenvalue weighted by Gasteiger charge is 2.35. The average Bonchev–Trinajstić information content (AvgIpc) is 2.92. The van der Waals surface area contributed by atoms with Gasteiger partial charge in [-0.2, -0.15) is 5.10 Å². The SMILES string of the molecule is CCOc1ccc(C2NN=C3CCNCC32)cc1[N+](=O)[O-]. The number of ether oxygens (including phenoxy) is 1. The van der Waals surface area contributed by atoms with Gasteiger partial charge in [-0.25, -0.2) is 0 Å². The minimum atomic E-state index is -0.398. The van der Waals surface area contributed by atoms with Gasteiger partial charge in [0.1, 0.15) is 0 Å². The van der Waals surface area contributed by atoms with Gasteiger partial charge < -0.3 is 15.5 Å². The zero-order chi connectivity index (χ0) is 14.8. The molecule has 0 aromatic heterocycles. The summed E-state index contributed by atoms with van der Waals surface area (Å²) >= 11 is 0. The van der Waals surface area contributed by atoms with E-state index in [-0.39, 0.29) is 17.6 Å². The van der Waals surface area contributed by atoms with E-state index in [4.69, 9.17) is 4.74 Å². The first-order chi connectivity index (χ1) is 10.2. The third-order valence-electron chi connectivity index (χ3n) is 3.94. The van der Waals surface area contributed by atoms with Crippen molar-refractivity contribution in [3.8, 4) is 5.75 Å². The van der Waals surface area contributed by atoms with Crippen molar-refractivity contribution in [1.29, 1.82) is 0 Å². The molecule has 21 heavy (non-hydrogen) atoms. The smallest absolute Gasteiger partial charge is 0.311 e. The summed E-state index contributed by atoms with van der Waals surface area (Å²) in [5, 5.41) is 18.9. The van der Waals surface area contributed by atoms with Crippen LogP contribution in [0.4, 0.5) is 5.69 Å². The third-order valence-corrected chi connectivity index (χ3v) is 3.94. The Morgan fingerprint density at radius 2 is 2.38 bits per heavy atom. The summed E-state index contributed by atoms with van der Waals surface area (Å²) in [4.78, 5) is 10.8. The summed E-state index contributed by atoms with van der Waals surface area (Å²) in [6.45, 7) is 4.00. The summed E-state index contributed by atoms with van der Waals surface area (Å²) < 4.78 is 5.32. The molecule has 2 aliphatic heterocycles.